The van der Waals surface area contributed by atoms with E-state index in [-0.39, 0.29) is 17.1 Å². The summed E-state index contributed by atoms with van der Waals surface area (Å²) in [6, 6.07) is 15.3. The van der Waals surface area contributed by atoms with Gasteiger partial charge < -0.3 is 10.6 Å². The predicted octanol–water partition coefficient (Wildman–Crippen LogP) is 5.24. The summed E-state index contributed by atoms with van der Waals surface area (Å²) < 4.78 is 0. The molecule has 0 saturated carbocycles. The van der Waals surface area contributed by atoms with Crippen LogP contribution in [-0.4, -0.2) is 17.1 Å². The zero-order valence-electron chi connectivity index (χ0n) is 15.5. The Morgan fingerprint density at radius 1 is 0.962 bits per heavy atom. The Kier molecular flexibility index (Phi) is 7.73. The van der Waals surface area contributed by atoms with Gasteiger partial charge >= 0.3 is 0 Å². The molecular formula is C21H26N2O2S. The highest BCUT2D eigenvalue weighted by molar-refractivity contribution is 8.00. The summed E-state index contributed by atoms with van der Waals surface area (Å²) in [4.78, 5) is 25.1. The highest BCUT2D eigenvalue weighted by Crippen LogP contribution is 2.25. The van der Waals surface area contributed by atoms with Crippen LogP contribution >= 0.6 is 11.8 Å². The minimum absolute atomic E-state index is 0.0317. The van der Waals surface area contributed by atoms with Gasteiger partial charge in [0, 0.05) is 22.7 Å². The monoisotopic (exact) mass is 370 g/mol. The fourth-order valence-electron chi connectivity index (χ4n) is 2.32. The second-order valence-electron chi connectivity index (χ2n) is 6.29. The molecule has 0 spiro atoms. The van der Waals surface area contributed by atoms with Crippen molar-refractivity contribution in [3.8, 4) is 0 Å². The molecular weight excluding hydrogens is 344 g/mol. The third kappa shape index (κ3) is 6.56. The lowest BCUT2D eigenvalue weighted by molar-refractivity contribution is -0.116. The zero-order chi connectivity index (χ0) is 18.9. The Hall–Kier alpha value is -2.27. The van der Waals surface area contributed by atoms with Gasteiger partial charge in [-0.2, -0.15) is 0 Å². The molecule has 2 aromatic carbocycles. The van der Waals surface area contributed by atoms with E-state index in [9.17, 15) is 9.59 Å². The maximum Gasteiger partial charge on any atom is 0.237 e. The molecule has 0 radical (unpaired) electrons. The molecule has 0 aromatic heterocycles. The van der Waals surface area contributed by atoms with E-state index < -0.39 is 0 Å². The largest absolute Gasteiger partial charge is 0.326 e. The number of thioether (sulfide) groups is 1. The minimum Gasteiger partial charge on any atom is -0.326 e. The molecule has 2 amide bonds. The highest BCUT2D eigenvalue weighted by Gasteiger charge is 2.14. The number of aryl methyl sites for hydroxylation is 1. The molecule has 4 nitrogen and oxygen atoms in total. The number of hydrogen-bond donors (Lipinski definition) is 2. The van der Waals surface area contributed by atoms with Gasteiger partial charge in [0.1, 0.15) is 0 Å². The molecule has 138 valence electrons. The molecule has 0 bridgehead atoms. The maximum atomic E-state index is 12.3. The average Bonchev–Trinajstić information content (AvgIpc) is 2.63. The van der Waals surface area contributed by atoms with E-state index in [4.69, 9.17) is 0 Å². The van der Waals surface area contributed by atoms with E-state index in [1.54, 1.807) is 0 Å². The summed E-state index contributed by atoms with van der Waals surface area (Å²) in [5.41, 5.74) is 2.75. The Labute approximate surface area is 159 Å². The van der Waals surface area contributed by atoms with Crippen LogP contribution in [0.3, 0.4) is 0 Å². The molecule has 1 unspecified atom stereocenters. The minimum atomic E-state index is -0.221. The summed E-state index contributed by atoms with van der Waals surface area (Å²) in [6.45, 7) is 5.96. The Balaban J connectivity index is 1.86. The van der Waals surface area contributed by atoms with Gasteiger partial charge in [-0.1, -0.05) is 31.0 Å². The number of nitrogens with one attached hydrogen (secondary N) is 2. The fraction of sp³-hybridized carbons (Fsp3) is 0.333. The number of carbonyl (C=O) groups is 2. The average molecular weight is 371 g/mol. The van der Waals surface area contributed by atoms with Crippen LogP contribution in [0.25, 0.3) is 0 Å². The summed E-state index contributed by atoms with van der Waals surface area (Å²) in [6.07, 6.45) is 2.45. The molecule has 0 aliphatic heterocycles. The van der Waals surface area contributed by atoms with Crippen molar-refractivity contribution >= 4 is 35.0 Å². The van der Waals surface area contributed by atoms with Crippen LogP contribution in [0.4, 0.5) is 11.4 Å². The third-order valence-electron chi connectivity index (χ3n) is 3.90. The van der Waals surface area contributed by atoms with Crippen molar-refractivity contribution in [2.45, 2.75) is 50.2 Å². The third-order valence-corrected chi connectivity index (χ3v) is 5.01. The summed E-state index contributed by atoms with van der Waals surface area (Å²) in [7, 11) is 0. The predicted molar refractivity (Wildman–Crippen MR) is 110 cm³/mol. The van der Waals surface area contributed by atoms with E-state index in [0.717, 1.165) is 34.7 Å². The number of benzene rings is 2. The van der Waals surface area contributed by atoms with Gasteiger partial charge in [0.05, 0.1) is 5.25 Å². The second kappa shape index (κ2) is 10.0. The van der Waals surface area contributed by atoms with Crippen molar-refractivity contribution in [3.05, 3.63) is 54.1 Å². The van der Waals surface area contributed by atoms with Crippen molar-refractivity contribution in [3.63, 3.8) is 0 Å². The molecule has 0 aliphatic carbocycles. The Morgan fingerprint density at radius 2 is 1.54 bits per heavy atom. The van der Waals surface area contributed by atoms with E-state index in [2.05, 4.69) is 17.6 Å². The molecule has 1 atom stereocenters. The van der Waals surface area contributed by atoms with Gasteiger partial charge in [0.15, 0.2) is 0 Å². The SMILES string of the molecule is CCCCC(=O)Nc1ccc(SC(C)C(=O)Nc2ccc(C)cc2)cc1. The first-order valence-corrected chi connectivity index (χ1v) is 9.80. The first-order valence-electron chi connectivity index (χ1n) is 8.92. The van der Waals surface area contributed by atoms with Crippen molar-refractivity contribution in [1.29, 1.82) is 0 Å². The smallest absolute Gasteiger partial charge is 0.237 e. The van der Waals surface area contributed by atoms with Crippen LogP contribution in [0.1, 0.15) is 38.7 Å². The van der Waals surface area contributed by atoms with Crippen molar-refractivity contribution < 1.29 is 9.59 Å². The van der Waals surface area contributed by atoms with Crippen molar-refractivity contribution in [1.82, 2.24) is 0 Å². The first kappa shape index (κ1) is 20.0. The lowest BCUT2D eigenvalue weighted by Crippen LogP contribution is -2.22. The lowest BCUT2D eigenvalue weighted by atomic mass is 10.2. The van der Waals surface area contributed by atoms with Crippen molar-refractivity contribution in [2.75, 3.05) is 10.6 Å². The van der Waals surface area contributed by atoms with E-state index in [1.807, 2.05) is 62.4 Å². The highest BCUT2D eigenvalue weighted by atomic mass is 32.2. The summed E-state index contributed by atoms with van der Waals surface area (Å²) in [5, 5.41) is 5.60. The van der Waals surface area contributed by atoms with Crippen LogP contribution in [0, 0.1) is 6.92 Å². The van der Waals surface area contributed by atoms with Gasteiger partial charge in [0.2, 0.25) is 11.8 Å². The molecule has 2 rings (SSSR count). The van der Waals surface area contributed by atoms with Gasteiger partial charge in [-0.15, -0.1) is 11.8 Å². The van der Waals surface area contributed by atoms with Gasteiger partial charge in [-0.05, 0) is 56.7 Å². The molecule has 0 aliphatic rings. The van der Waals surface area contributed by atoms with E-state index in [1.165, 1.54) is 11.8 Å². The summed E-state index contributed by atoms with van der Waals surface area (Å²) in [5.74, 6) is 0.00824. The van der Waals surface area contributed by atoms with Gasteiger partial charge in [0.25, 0.3) is 0 Å². The topological polar surface area (TPSA) is 58.2 Å². The maximum absolute atomic E-state index is 12.3. The Morgan fingerprint density at radius 3 is 2.15 bits per heavy atom. The van der Waals surface area contributed by atoms with Crippen LogP contribution < -0.4 is 10.6 Å². The molecule has 2 aromatic rings. The number of carbonyl (C=O) groups excluding carboxylic acids is 2. The van der Waals surface area contributed by atoms with Crippen LogP contribution in [0.2, 0.25) is 0 Å². The van der Waals surface area contributed by atoms with Gasteiger partial charge in [-0.25, -0.2) is 0 Å². The van der Waals surface area contributed by atoms with E-state index >= 15 is 0 Å². The molecule has 0 fully saturated rings. The summed E-state index contributed by atoms with van der Waals surface area (Å²) >= 11 is 1.49. The van der Waals surface area contributed by atoms with E-state index in [0.29, 0.717) is 6.42 Å². The van der Waals surface area contributed by atoms with Crippen LogP contribution in [0.5, 0.6) is 0 Å². The van der Waals surface area contributed by atoms with Crippen LogP contribution in [0.15, 0.2) is 53.4 Å². The normalized spacial score (nSPS) is 11.7. The molecule has 0 heterocycles. The number of rotatable bonds is 8. The number of hydrogen-bond acceptors (Lipinski definition) is 3. The molecule has 2 N–H and O–H groups in total. The fourth-order valence-corrected chi connectivity index (χ4v) is 3.18. The molecule has 26 heavy (non-hydrogen) atoms. The lowest BCUT2D eigenvalue weighted by Gasteiger charge is -2.13. The quantitative estimate of drug-likeness (QED) is 0.625. The van der Waals surface area contributed by atoms with Crippen LogP contribution in [-0.2, 0) is 9.59 Å². The standard InChI is InChI=1S/C21H26N2O2S/c1-4-5-6-20(24)22-17-11-13-19(14-12-17)26-16(3)21(25)23-18-9-7-15(2)8-10-18/h7-14,16H,4-6H2,1-3H3,(H,22,24)(H,23,25). The molecule has 5 heteroatoms. The number of amides is 2. The zero-order valence-corrected chi connectivity index (χ0v) is 16.4. The van der Waals surface area contributed by atoms with Crippen molar-refractivity contribution in [2.24, 2.45) is 0 Å². The second-order valence-corrected chi connectivity index (χ2v) is 7.71. The first-order chi connectivity index (χ1) is 12.5. The Bertz CT molecular complexity index is 727. The molecule has 0 saturated heterocycles. The number of anilines is 2. The van der Waals surface area contributed by atoms with Gasteiger partial charge in [-0.3, -0.25) is 9.59 Å². The number of unbranched alkanes of at least 4 members (excludes halogenated alkanes) is 1.